The predicted octanol–water partition coefficient (Wildman–Crippen LogP) is 2.81. The molecule has 1 heterocycles. The Bertz CT molecular complexity index is 591. The summed E-state index contributed by atoms with van der Waals surface area (Å²) in [6.45, 7) is 0. The van der Waals surface area contributed by atoms with Crippen molar-refractivity contribution in [3.63, 3.8) is 0 Å². The minimum absolute atomic E-state index is 0.403. The number of aromatic nitrogens is 1. The van der Waals surface area contributed by atoms with Crippen LogP contribution in [0.25, 0.3) is 0 Å². The minimum Gasteiger partial charge on any atom is -0.493 e. The van der Waals surface area contributed by atoms with Gasteiger partial charge in [-0.3, -0.25) is 5.32 Å². The third-order valence-electron chi connectivity index (χ3n) is 2.58. The lowest BCUT2D eigenvalue weighted by molar-refractivity contribution is 0.262. The molecule has 0 saturated carbocycles. The van der Waals surface area contributed by atoms with Gasteiger partial charge in [0.15, 0.2) is 16.6 Å². The van der Waals surface area contributed by atoms with Crippen LogP contribution in [0.15, 0.2) is 23.7 Å². The molecule has 2 rings (SSSR count). The van der Waals surface area contributed by atoms with Crippen LogP contribution in [0.4, 0.5) is 15.6 Å². The van der Waals surface area contributed by atoms with Crippen molar-refractivity contribution in [3.8, 4) is 17.2 Å². The second-order valence-corrected chi connectivity index (χ2v) is 4.72. The standard InChI is InChI=1S/C13H15N3O4S/c1-18-9-6-8(7-10(19-2)11(9)20-3)15-12(17)16-13-14-4-5-21-13/h4-7H,1-3H3,(H2,14,15,16,17). The highest BCUT2D eigenvalue weighted by Crippen LogP contribution is 2.39. The summed E-state index contributed by atoms with van der Waals surface area (Å²) in [5.41, 5.74) is 0.513. The van der Waals surface area contributed by atoms with Crippen LogP contribution < -0.4 is 24.8 Å². The molecule has 0 aliphatic carbocycles. The van der Waals surface area contributed by atoms with Crippen LogP contribution in [0, 0.1) is 0 Å². The molecule has 2 N–H and O–H groups in total. The van der Waals surface area contributed by atoms with Crippen molar-refractivity contribution in [2.75, 3.05) is 32.0 Å². The molecule has 21 heavy (non-hydrogen) atoms. The van der Waals surface area contributed by atoms with E-state index in [1.165, 1.54) is 32.7 Å². The average Bonchev–Trinajstić information content (AvgIpc) is 2.98. The van der Waals surface area contributed by atoms with Gasteiger partial charge in [-0.2, -0.15) is 0 Å². The summed E-state index contributed by atoms with van der Waals surface area (Å²) >= 11 is 1.33. The first kappa shape index (κ1) is 14.9. The Balaban J connectivity index is 2.17. The Labute approximate surface area is 125 Å². The van der Waals surface area contributed by atoms with E-state index in [9.17, 15) is 4.79 Å². The van der Waals surface area contributed by atoms with Crippen molar-refractivity contribution in [1.29, 1.82) is 0 Å². The number of hydrogen-bond acceptors (Lipinski definition) is 6. The van der Waals surface area contributed by atoms with Crippen LogP contribution >= 0.6 is 11.3 Å². The van der Waals surface area contributed by atoms with E-state index < -0.39 is 6.03 Å². The summed E-state index contributed by atoms with van der Waals surface area (Å²) in [6.07, 6.45) is 1.61. The first-order valence-electron chi connectivity index (χ1n) is 5.95. The zero-order valence-corrected chi connectivity index (χ0v) is 12.6. The number of rotatable bonds is 5. The number of amides is 2. The molecule has 7 nitrogen and oxygen atoms in total. The summed E-state index contributed by atoms with van der Waals surface area (Å²) in [5, 5.41) is 7.59. The van der Waals surface area contributed by atoms with Gasteiger partial charge in [0.2, 0.25) is 5.75 Å². The van der Waals surface area contributed by atoms with Crippen molar-refractivity contribution < 1.29 is 19.0 Å². The molecule has 0 bridgehead atoms. The lowest BCUT2D eigenvalue weighted by atomic mass is 10.2. The molecule has 1 aromatic heterocycles. The van der Waals surface area contributed by atoms with Crippen LogP contribution in [-0.4, -0.2) is 32.3 Å². The number of nitrogens with zero attached hydrogens (tertiary/aromatic N) is 1. The number of anilines is 2. The number of hydrogen-bond donors (Lipinski definition) is 2. The molecule has 0 radical (unpaired) electrons. The molecule has 8 heteroatoms. The molecular weight excluding hydrogens is 294 g/mol. The van der Waals surface area contributed by atoms with Gasteiger partial charge in [-0.15, -0.1) is 11.3 Å². The summed E-state index contributed by atoms with van der Waals surface area (Å²) < 4.78 is 15.7. The normalized spacial score (nSPS) is 9.86. The van der Waals surface area contributed by atoms with E-state index in [0.29, 0.717) is 28.1 Å². The number of urea groups is 1. The fourth-order valence-electron chi connectivity index (χ4n) is 1.70. The maximum atomic E-state index is 11.9. The molecule has 0 saturated heterocycles. The van der Waals surface area contributed by atoms with Crippen LogP contribution in [0.3, 0.4) is 0 Å². The van der Waals surface area contributed by atoms with Gasteiger partial charge < -0.3 is 19.5 Å². The SMILES string of the molecule is COc1cc(NC(=O)Nc2nccs2)cc(OC)c1OC. The Morgan fingerprint density at radius 1 is 1.10 bits per heavy atom. The van der Waals surface area contributed by atoms with E-state index in [0.717, 1.165) is 0 Å². The maximum absolute atomic E-state index is 11.9. The van der Waals surface area contributed by atoms with Gasteiger partial charge in [-0.25, -0.2) is 9.78 Å². The van der Waals surface area contributed by atoms with Gasteiger partial charge in [0.1, 0.15) is 0 Å². The Morgan fingerprint density at radius 3 is 2.24 bits per heavy atom. The number of methoxy groups -OCH3 is 3. The molecule has 2 amide bonds. The van der Waals surface area contributed by atoms with Crippen LogP contribution in [-0.2, 0) is 0 Å². The molecule has 2 aromatic rings. The van der Waals surface area contributed by atoms with E-state index in [1.807, 2.05) is 0 Å². The molecule has 112 valence electrons. The first-order chi connectivity index (χ1) is 10.2. The third-order valence-corrected chi connectivity index (χ3v) is 3.26. The van der Waals surface area contributed by atoms with E-state index in [2.05, 4.69) is 15.6 Å². The zero-order chi connectivity index (χ0) is 15.2. The number of thiazole rings is 1. The highest BCUT2D eigenvalue weighted by atomic mass is 32.1. The molecule has 0 aliphatic heterocycles. The van der Waals surface area contributed by atoms with Crippen molar-refractivity contribution in [1.82, 2.24) is 4.98 Å². The van der Waals surface area contributed by atoms with Gasteiger partial charge in [0.05, 0.1) is 27.0 Å². The number of nitrogens with one attached hydrogen (secondary N) is 2. The summed E-state index contributed by atoms with van der Waals surface area (Å²) in [5.74, 6) is 1.38. The highest BCUT2D eigenvalue weighted by molar-refractivity contribution is 7.13. The summed E-state index contributed by atoms with van der Waals surface area (Å²) in [7, 11) is 4.54. The van der Waals surface area contributed by atoms with Crippen LogP contribution in [0.1, 0.15) is 0 Å². The van der Waals surface area contributed by atoms with Crippen LogP contribution in [0.5, 0.6) is 17.2 Å². The zero-order valence-electron chi connectivity index (χ0n) is 11.8. The molecule has 0 atom stereocenters. The van der Waals surface area contributed by atoms with Crippen molar-refractivity contribution in [2.45, 2.75) is 0 Å². The topological polar surface area (TPSA) is 81.7 Å². The van der Waals surface area contributed by atoms with E-state index in [4.69, 9.17) is 14.2 Å². The van der Waals surface area contributed by atoms with Gasteiger partial charge >= 0.3 is 6.03 Å². The largest absolute Gasteiger partial charge is 0.493 e. The molecule has 0 unspecified atom stereocenters. The van der Waals surface area contributed by atoms with Crippen molar-refractivity contribution in [3.05, 3.63) is 23.7 Å². The summed E-state index contributed by atoms with van der Waals surface area (Å²) in [6, 6.07) is 2.88. The second kappa shape index (κ2) is 6.80. The lowest BCUT2D eigenvalue weighted by Gasteiger charge is -2.14. The number of ether oxygens (including phenoxy) is 3. The third kappa shape index (κ3) is 3.54. The minimum atomic E-state index is -0.403. The smallest absolute Gasteiger partial charge is 0.325 e. The second-order valence-electron chi connectivity index (χ2n) is 3.83. The molecule has 1 aromatic carbocycles. The quantitative estimate of drug-likeness (QED) is 0.887. The summed E-state index contributed by atoms with van der Waals surface area (Å²) in [4.78, 5) is 15.8. The molecule has 0 fully saturated rings. The molecule has 0 aliphatic rings. The Hall–Kier alpha value is -2.48. The lowest BCUT2D eigenvalue weighted by Crippen LogP contribution is -2.19. The number of carbonyl (C=O) groups excluding carboxylic acids is 1. The van der Waals surface area contributed by atoms with E-state index in [-0.39, 0.29) is 0 Å². The van der Waals surface area contributed by atoms with Crippen molar-refractivity contribution in [2.24, 2.45) is 0 Å². The molecule has 0 spiro atoms. The predicted molar refractivity (Wildman–Crippen MR) is 80.9 cm³/mol. The Kier molecular flexibility index (Phi) is 4.83. The monoisotopic (exact) mass is 309 g/mol. The maximum Gasteiger partial charge on any atom is 0.325 e. The first-order valence-corrected chi connectivity index (χ1v) is 6.83. The highest BCUT2D eigenvalue weighted by Gasteiger charge is 2.14. The fourth-order valence-corrected chi connectivity index (χ4v) is 2.22. The van der Waals surface area contributed by atoms with Gasteiger partial charge in [-0.05, 0) is 0 Å². The molecular formula is C13H15N3O4S. The van der Waals surface area contributed by atoms with Gasteiger partial charge in [-0.1, -0.05) is 0 Å². The van der Waals surface area contributed by atoms with Crippen LogP contribution in [0.2, 0.25) is 0 Å². The van der Waals surface area contributed by atoms with Gasteiger partial charge in [0, 0.05) is 23.7 Å². The van der Waals surface area contributed by atoms with E-state index >= 15 is 0 Å². The van der Waals surface area contributed by atoms with Crippen molar-refractivity contribution >= 4 is 28.2 Å². The van der Waals surface area contributed by atoms with Gasteiger partial charge in [0.25, 0.3) is 0 Å². The number of carbonyl (C=O) groups is 1. The number of benzene rings is 1. The Morgan fingerprint density at radius 2 is 1.76 bits per heavy atom. The average molecular weight is 309 g/mol. The fraction of sp³-hybridized carbons (Fsp3) is 0.231. The van der Waals surface area contributed by atoms with E-state index in [1.54, 1.807) is 23.7 Å².